The zero-order chi connectivity index (χ0) is 14.7. The van der Waals surface area contributed by atoms with Gasteiger partial charge < -0.3 is 9.84 Å². The fourth-order valence-corrected chi connectivity index (χ4v) is 3.10. The van der Waals surface area contributed by atoms with Gasteiger partial charge in [0.05, 0.1) is 12.7 Å². The molecule has 2 nitrogen and oxygen atoms in total. The Morgan fingerprint density at radius 2 is 2.00 bits per heavy atom. The van der Waals surface area contributed by atoms with Crippen LogP contribution in [-0.4, -0.2) is 18.0 Å². The average Bonchev–Trinajstić information content (AvgIpc) is 3.00. The third kappa shape index (κ3) is 3.42. The van der Waals surface area contributed by atoms with Crippen LogP contribution in [0.15, 0.2) is 47.4 Å². The maximum Gasteiger partial charge on any atom is 0.122 e. The first-order valence-electron chi connectivity index (χ1n) is 7.33. The molecule has 0 amide bonds. The highest BCUT2D eigenvalue weighted by atomic mass is 32.2. The Hall–Kier alpha value is -1.45. The van der Waals surface area contributed by atoms with Crippen molar-refractivity contribution in [3.05, 3.63) is 59.2 Å². The molecule has 1 heterocycles. The van der Waals surface area contributed by atoms with E-state index < -0.39 is 6.10 Å². The van der Waals surface area contributed by atoms with Crippen LogP contribution in [0.3, 0.4) is 0 Å². The van der Waals surface area contributed by atoms with Gasteiger partial charge in [-0.15, -0.1) is 11.8 Å². The Bertz CT molecular complexity index is 607. The fourth-order valence-electron chi connectivity index (χ4n) is 2.69. The lowest BCUT2D eigenvalue weighted by atomic mass is 9.99. The predicted octanol–water partition coefficient (Wildman–Crippen LogP) is 4.01. The van der Waals surface area contributed by atoms with E-state index in [0.717, 1.165) is 37.2 Å². The minimum Gasteiger partial charge on any atom is -0.493 e. The first kappa shape index (κ1) is 14.5. The topological polar surface area (TPSA) is 29.5 Å². The molecule has 21 heavy (non-hydrogen) atoms. The van der Waals surface area contributed by atoms with Gasteiger partial charge in [-0.05, 0) is 54.0 Å². The van der Waals surface area contributed by atoms with Crippen LogP contribution in [0.25, 0.3) is 0 Å². The highest BCUT2D eigenvalue weighted by Crippen LogP contribution is 2.28. The summed E-state index contributed by atoms with van der Waals surface area (Å²) in [6.07, 6.45) is 4.30. The van der Waals surface area contributed by atoms with E-state index in [-0.39, 0.29) is 0 Å². The molecule has 0 bridgehead atoms. The van der Waals surface area contributed by atoms with Crippen LogP contribution in [0, 0.1) is 0 Å². The van der Waals surface area contributed by atoms with E-state index in [1.165, 1.54) is 16.0 Å². The minimum atomic E-state index is -0.398. The molecule has 1 N–H and O–H groups in total. The van der Waals surface area contributed by atoms with Crippen molar-refractivity contribution in [2.24, 2.45) is 0 Å². The van der Waals surface area contributed by atoms with Crippen LogP contribution in [0.4, 0.5) is 0 Å². The van der Waals surface area contributed by atoms with Crippen LogP contribution in [-0.2, 0) is 12.8 Å². The highest BCUT2D eigenvalue weighted by molar-refractivity contribution is 7.98. The molecular weight excluding hydrogens is 280 g/mol. The summed E-state index contributed by atoms with van der Waals surface area (Å²) in [6, 6.07) is 14.5. The number of hydrogen-bond acceptors (Lipinski definition) is 3. The molecule has 1 aliphatic heterocycles. The van der Waals surface area contributed by atoms with Crippen LogP contribution in [0.1, 0.15) is 29.2 Å². The van der Waals surface area contributed by atoms with Crippen LogP contribution < -0.4 is 4.74 Å². The molecular formula is C18H20O2S. The van der Waals surface area contributed by atoms with Crippen molar-refractivity contribution in [1.29, 1.82) is 0 Å². The summed E-state index contributed by atoms with van der Waals surface area (Å²) in [5.74, 6) is 1.02. The molecule has 0 aliphatic carbocycles. The Kier molecular flexibility index (Phi) is 4.51. The lowest BCUT2D eigenvalue weighted by Gasteiger charge is -2.12. The van der Waals surface area contributed by atoms with Crippen molar-refractivity contribution < 1.29 is 9.84 Å². The summed E-state index contributed by atoms with van der Waals surface area (Å²) < 4.78 is 5.52. The number of fused-ring (bicyclic) bond motifs is 1. The van der Waals surface area contributed by atoms with Crippen molar-refractivity contribution >= 4 is 11.8 Å². The summed E-state index contributed by atoms with van der Waals surface area (Å²) in [6.45, 7) is 0.795. The van der Waals surface area contributed by atoms with Crippen molar-refractivity contribution in [1.82, 2.24) is 0 Å². The van der Waals surface area contributed by atoms with Crippen LogP contribution >= 0.6 is 11.8 Å². The van der Waals surface area contributed by atoms with Gasteiger partial charge in [0, 0.05) is 11.3 Å². The van der Waals surface area contributed by atoms with Crippen molar-refractivity contribution in [3.8, 4) is 5.75 Å². The Morgan fingerprint density at radius 3 is 2.76 bits per heavy atom. The van der Waals surface area contributed by atoms with Crippen molar-refractivity contribution in [2.75, 3.05) is 12.9 Å². The van der Waals surface area contributed by atoms with Gasteiger partial charge in [-0.2, -0.15) is 0 Å². The number of thioether (sulfide) groups is 1. The summed E-state index contributed by atoms with van der Waals surface area (Å²) in [5, 5.41) is 10.3. The van der Waals surface area contributed by atoms with Crippen molar-refractivity contribution in [3.63, 3.8) is 0 Å². The Balaban J connectivity index is 1.61. The molecule has 0 spiro atoms. The van der Waals surface area contributed by atoms with Gasteiger partial charge >= 0.3 is 0 Å². The van der Waals surface area contributed by atoms with Gasteiger partial charge in [0.1, 0.15) is 5.75 Å². The number of hydrogen-bond donors (Lipinski definition) is 1. The standard InChI is InChI=1S/C18H20O2S/c1-21-16-6-4-14(5-7-16)17(19)8-2-13-3-9-18-15(12-13)10-11-20-18/h3-7,9,12,17,19H,2,8,10-11H2,1H3. The molecule has 110 valence electrons. The zero-order valence-corrected chi connectivity index (χ0v) is 13.0. The van der Waals surface area contributed by atoms with Gasteiger partial charge in [0.2, 0.25) is 0 Å². The quantitative estimate of drug-likeness (QED) is 0.846. The average molecular weight is 300 g/mol. The van der Waals surface area contributed by atoms with E-state index >= 15 is 0 Å². The fraction of sp³-hybridized carbons (Fsp3) is 0.333. The number of rotatable bonds is 5. The zero-order valence-electron chi connectivity index (χ0n) is 12.2. The smallest absolute Gasteiger partial charge is 0.122 e. The second kappa shape index (κ2) is 6.54. The molecule has 2 aromatic carbocycles. The van der Waals surface area contributed by atoms with E-state index in [0.29, 0.717) is 0 Å². The minimum absolute atomic E-state index is 0.398. The maximum absolute atomic E-state index is 10.3. The van der Waals surface area contributed by atoms with Crippen LogP contribution in [0.2, 0.25) is 0 Å². The van der Waals surface area contributed by atoms with Gasteiger partial charge in [-0.25, -0.2) is 0 Å². The maximum atomic E-state index is 10.3. The van der Waals surface area contributed by atoms with Gasteiger partial charge in [-0.1, -0.05) is 24.3 Å². The third-order valence-corrected chi connectivity index (χ3v) is 4.70. The Labute approximate surface area is 130 Å². The number of ether oxygens (including phenoxy) is 1. The molecule has 0 saturated heterocycles. The number of aliphatic hydroxyl groups excluding tert-OH is 1. The van der Waals surface area contributed by atoms with Gasteiger partial charge in [-0.3, -0.25) is 0 Å². The van der Waals surface area contributed by atoms with Gasteiger partial charge in [0.25, 0.3) is 0 Å². The normalized spacial score (nSPS) is 14.6. The van der Waals surface area contributed by atoms with Gasteiger partial charge in [0.15, 0.2) is 0 Å². The molecule has 0 aromatic heterocycles. The SMILES string of the molecule is CSc1ccc(C(O)CCc2ccc3c(c2)CCO3)cc1. The number of aliphatic hydroxyl groups is 1. The van der Waals surface area contributed by atoms with E-state index in [4.69, 9.17) is 4.74 Å². The molecule has 0 fully saturated rings. The monoisotopic (exact) mass is 300 g/mol. The van der Waals surface area contributed by atoms with E-state index in [9.17, 15) is 5.11 Å². The highest BCUT2D eigenvalue weighted by Gasteiger charge is 2.13. The molecule has 3 heteroatoms. The van der Waals surface area contributed by atoms with E-state index in [1.54, 1.807) is 11.8 Å². The summed E-state index contributed by atoms with van der Waals surface area (Å²) in [4.78, 5) is 1.23. The molecule has 3 rings (SSSR count). The lowest BCUT2D eigenvalue weighted by Crippen LogP contribution is -2.00. The van der Waals surface area contributed by atoms with E-state index in [1.807, 2.05) is 12.1 Å². The second-order valence-electron chi connectivity index (χ2n) is 5.37. The molecule has 1 unspecified atom stereocenters. The predicted molar refractivity (Wildman–Crippen MR) is 87.1 cm³/mol. The van der Waals surface area contributed by atoms with Crippen molar-refractivity contribution in [2.45, 2.75) is 30.3 Å². The first-order chi connectivity index (χ1) is 10.3. The van der Waals surface area contributed by atoms with E-state index in [2.05, 4.69) is 36.6 Å². The summed E-state index contributed by atoms with van der Waals surface area (Å²) >= 11 is 1.72. The first-order valence-corrected chi connectivity index (χ1v) is 8.55. The molecule has 0 radical (unpaired) electrons. The second-order valence-corrected chi connectivity index (χ2v) is 6.25. The summed E-state index contributed by atoms with van der Waals surface area (Å²) in [7, 11) is 0. The third-order valence-electron chi connectivity index (χ3n) is 3.96. The largest absolute Gasteiger partial charge is 0.493 e. The molecule has 1 aliphatic rings. The molecule has 0 saturated carbocycles. The number of aryl methyl sites for hydroxylation is 1. The number of benzene rings is 2. The Morgan fingerprint density at radius 1 is 1.19 bits per heavy atom. The molecule has 1 atom stereocenters. The molecule has 2 aromatic rings. The van der Waals surface area contributed by atoms with Crippen LogP contribution in [0.5, 0.6) is 5.75 Å². The lowest BCUT2D eigenvalue weighted by molar-refractivity contribution is 0.168. The summed E-state index contributed by atoms with van der Waals surface area (Å²) in [5.41, 5.74) is 3.57.